The van der Waals surface area contributed by atoms with Gasteiger partial charge in [-0.15, -0.1) is 0 Å². The highest BCUT2D eigenvalue weighted by atomic mass is 32.2. The van der Waals surface area contributed by atoms with E-state index in [2.05, 4.69) is 4.98 Å². The lowest BCUT2D eigenvalue weighted by Crippen LogP contribution is -2.32. The van der Waals surface area contributed by atoms with Gasteiger partial charge in [0.15, 0.2) is 5.03 Å². The molecule has 0 unspecified atom stereocenters. The number of hydrogen-bond donors (Lipinski definition) is 0. The van der Waals surface area contributed by atoms with Gasteiger partial charge >= 0.3 is 0 Å². The van der Waals surface area contributed by atoms with E-state index in [1.54, 1.807) is 4.57 Å². The minimum atomic E-state index is -3.64. The molecule has 0 bridgehead atoms. The van der Waals surface area contributed by atoms with Crippen LogP contribution >= 0.6 is 0 Å². The first-order valence-electron chi connectivity index (χ1n) is 5.45. The Balaban J connectivity index is 3.03. The highest BCUT2D eigenvalue weighted by Gasteiger charge is 2.25. The summed E-state index contributed by atoms with van der Waals surface area (Å²) in [5.41, 5.74) is 0. The quantitative estimate of drug-likeness (QED) is 0.706. The molecule has 0 spiro atoms. The highest BCUT2D eigenvalue weighted by molar-refractivity contribution is 7.89. The number of aryl methyl sites for hydroxylation is 1. The zero-order valence-corrected chi connectivity index (χ0v) is 10.8. The van der Waals surface area contributed by atoms with Crippen LogP contribution in [0.5, 0.6) is 0 Å². The van der Waals surface area contributed by atoms with Crippen LogP contribution in [0.3, 0.4) is 0 Å². The Bertz CT molecular complexity index is 501. The average Bonchev–Trinajstić information content (AvgIpc) is 2.78. The number of nitriles is 1. The van der Waals surface area contributed by atoms with Crippen LogP contribution < -0.4 is 0 Å². The maximum Gasteiger partial charge on any atom is 0.263 e. The molecule has 0 fully saturated rings. The molecule has 0 aromatic carbocycles. The largest absolute Gasteiger partial charge is 0.336 e. The second kappa shape index (κ2) is 5.80. The predicted octanol–water partition coefficient (Wildman–Crippen LogP) is 0.827. The summed E-state index contributed by atoms with van der Waals surface area (Å²) in [7, 11) is -3.64. The van der Waals surface area contributed by atoms with Gasteiger partial charge in [0.1, 0.15) is 6.54 Å². The van der Waals surface area contributed by atoms with Crippen molar-refractivity contribution in [1.82, 2.24) is 13.9 Å². The molecule has 1 aromatic heterocycles. The summed E-state index contributed by atoms with van der Waals surface area (Å²) in [5.74, 6) is 0. The van der Waals surface area contributed by atoms with Gasteiger partial charge in [-0.1, -0.05) is 6.92 Å². The number of sulfonamides is 1. The Kier molecular flexibility index (Phi) is 4.66. The molecule has 0 aliphatic carbocycles. The van der Waals surface area contributed by atoms with Crippen molar-refractivity contribution in [2.45, 2.75) is 31.8 Å². The molecule has 1 rings (SSSR count). The van der Waals surface area contributed by atoms with Crippen LogP contribution in [0.2, 0.25) is 0 Å². The van der Waals surface area contributed by atoms with E-state index in [4.69, 9.17) is 5.26 Å². The maximum absolute atomic E-state index is 12.1. The monoisotopic (exact) mass is 256 g/mol. The smallest absolute Gasteiger partial charge is 0.263 e. The third kappa shape index (κ3) is 3.05. The van der Waals surface area contributed by atoms with Crippen molar-refractivity contribution < 1.29 is 8.42 Å². The SMILES string of the molecule is CCCN(CC#N)S(=O)(=O)c1cn(CC)cn1. The molecule has 0 radical (unpaired) electrons. The molecular weight excluding hydrogens is 240 g/mol. The van der Waals surface area contributed by atoms with Crippen molar-refractivity contribution in [2.75, 3.05) is 13.1 Å². The third-order valence-electron chi connectivity index (χ3n) is 2.30. The van der Waals surface area contributed by atoms with Gasteiger partial charge in [0.25, 0.3) is 10.0 Å². The molecule has 17 heavy (non-hydrogen) atoms. The summed E-state index contributed by atoms with van der Waals surface area (Å²) >= 11 is 0. The molecule has 0 aliphatic heterocycles. The third-order valence-corrected chi connectivity index (χ3v) is 4.03. The van der Waals surface area contributed by atoms with Crippen LogP contribution in [0.25, 0.3) is 0 Å². The van der Waals surface area contributed by atoms with Gasteiger partial charge in [-0.3, -0.25) is 0 Å². The van der Waals surface area contributed by atoms with Crippen LogP contribution in [0, 0.1) is 11.3 Å². The first kappa shape index (κ1) is 13.7. The van der Waals surface area contributed by atoms with Crippen molar-refractivity contribution in [3.63, 3.8) is 0 Å². The zero-order valence-electron chi connectivity index (χ0n) is 10.00. The fraction of sp³-hybridized carbons (Fsp3) is 0.600. The van der Waals surface area contributed by atoms with Gasteiger partial charge in [-0.2, -0.15) is 9.57 Å². The first-order valence-corrected chi connectivity index (χ1v) is 6.89. The van der Waals surface area contributed by atoms with E-state index in [1.807, 2.05) is 19.9 Å². The van der Waals surface area contributed by atoms with Gasteiger partial charge in [-0.05, 0) is 13.3 Å². The summed E-state index contributed by atoms with van der Waals surface area (Å²) in [6, 6.07) is 1.86. The van der Waals surface area contributed by atoms with E-state index in [-0.39, 0.29) is 11.6 Å². The molecular formula is C10H16N4O2S. The Labute approximate surface area is 102 Å². The normalized spacial score (nSPS) is 11.6. The second-order valence-electron chi connectivity index (χ2n) is 3.54. The van der Waals surface area contributed by atoms with E-state index < -0.39 is 10.0 Å². The van der Waals surface area contributed by atoms with Crippen molar-refractivity contribution in [2.24, 2.45) is 0 Å². The summed E-state index contributed by atoms with van der Waals surface area (Å²) in [5, 5.41) is 8.65. The fourth-order valence-electron chi connectivity index (χ4n) is 1.39. The summed E-state index contributed by atoms with van der Waals surface area (Å²) in [6.45, 7) is 4.61. The minimum absolute atomic E-state index is 0.00282. The Morgan fingerprint density at radius 3 is 2.71 bits per heavy atom. The summed E-state index contributed by atoms with van der Waals surface area (Å²) in [6.07, 6.45) is 3.62. The number of nitrogens with zero attached hydrogens (tertiary/aromatic N) is 4. The molecule has 0 N–H and O–H groups in total. The number of rotatable bonds is 6. The Morgan fingerprint density at radius 1 is 1.53 bits per heavy atom. The number of imidazole rings is 1. The fourth-order valence-corrected chi connectivity index (χ4v) is 2.75. The molecule has 0 amide bonds. The molecule has 1 aromatic rings. The van der Waals surface area contributed by atoms with Gasteiger partial charge in [0, 0.05) is 19.3 Å². The van der Waals surface area contributed by atoms with Gasteiger partial charge < -0.3 is 4.57 Å². The number of aromatic nitrogens is 2. The Morgan fingerprint density at radius 2 is 2.24 bits per heavy atom. The standard InChI is InChI=1S/C10H16N4O2S/c1-3-6-14(7-5-11)17(15,16)10-8-13(4-2)9-12-10/h8-9H,3-4,6-7H2,1-2H3. The second-order valence-corrected chi connectivity index (χ2v) is 5.42. The molecule has 7 heteroatoms. The average molecular weight is 256 g/mol. The van der Waals surface area contributed by atoms with E-state index in [0.717, 1.165) is 4.31 Å². The number of hydrogen-bond acceptors (Lipinski definition) is 4. The van der Waals surface area contributed by atoms with E-state index in [9.17, 15) is 8.42 Å². The Hall–Kier alpha value is -1.39. The van der Waals surface area contributed by atoms with Gasteiger partial charge in [0.2, 0.25) is 0 Å². The molecule has 0 saturated carbocycles. The van der Waals surface area contributed by atoms with Crippen molar-refractivity contribution in [1.29, 1.82) is 5.26 Å². The van der Waals surface area contributed by atoms with Crippen LogP contribution in [0.1, 0.15) is 20.3 Å². The molecule has 0 aliphatic rings. The van der Waals surface area contributed by atoms with Crippen LogP contribution in [-0.4, -0.2) is 35.4 Å². The van der Waals surface area contributed by atoms with E-state index >= 15 is 0 Å². The lowest BCUT2D eigenvalue weighted by molar-refractivity contribution is 0.442. The molecule has 94 valence electrons. The zero-order chi connectivity index (χ0) is 12.9. The van der Waals surface area contributed by atoms with Gasteiger partial charge in [-0.25, -0.2) is 13.4 Å². The summed E-state index contributed by atoms with van der Waals surface area (Å²) in [4.78, 5) is 3.87. The van der Waals surface area contributed by atoms with E-state index in [1.165, 1.54) is 12.5 Å². The molecule has 6 nitrogen and oxygen atoms in total. The molecule has 0 saturated heterocycles. The first-order chi connectivity index (χ1) is 8.06. The van der Waals surface area contributed by atoms with Crippen molar-refractivity contribution >= 4 is 10.0 Å². The molecule has 0 atom stereocenters. The van der Waals surface area contributed by atoms with E-state index in [0.29, 0.717) is 19.5 Å². The topological polar surface area (TPSA) is 79.0 Å². The van der Waals surface area contributed by atoms with Crippen LogP contribution in [-0.2, 0) is 16.6 Å². The van der Waals surface area contributed by atoms with Crippen molar-refractivity contribution in [3.05, 3.63) is 12.5 Å². The minimum Gasteiger partial charge on any atom is -0.336 e. The van der Waals surface area contributed by atoms with Crippen molar-refractivity contribution in [3.8, 4) is 6.07 Å². The lowest BCUT2D eigenvalue weighted by Gasteiger charge is -2.16. The lowest BCUT2D eigenvalue weighted by atomic mass is 10.5. The highest BCUT2D eigenvalue weighted by Crippen LogP contribution is 2.13. The molecule has 1 heterocycles. The summed E-state index contributed by atoms with van der Waals surface area (Å²) < 4.78 is 27.1. The predicted molar refractivity (Wildman–Crippen MR) is 62.6 cm³/mol. The van der Waals surface area contributed by atoms with Gasteiger partial charge in [0.05, 0.1) is 12.4 Å². The maximum atomic E-state index is 12.1. The van der Waals surface area contributed by atoms with Crippen LogP contribution in [0.4, 0.5) is 0 Å². The van der Waals surface area contributed by atoms with Crippen LogP contribution in [0.15, 0.2) is 17.6 Å².